The van der Waals surface area contributed by atoms with Crippen molar-refractivity contribution < 1.29 is 22.5 Å². The number of halogens is 3. The molecule has 1 saturated heterocycles. The standard InChI is InChI=1S/C22H25F3N6O2/c1-14-11-15(2)31(27-14)13-19(32)30-9-7-29(8-10-30)16(3)21-26-20(28-33-21)17-5-4-6-18(12-17)22(23,24)25/h4-6,11-12,16H,7-10,13H2,1-3H3. The lowest BCUT2D eigenvalue weighted by molar-refractivity contribution is -0.137. The quantitative estimate of drug-likeness (QED) is 0.578. The second kappa shape index (κ2) is 8.97. The number of aromatic nitrogens is 4. The van der Waals surface area contributed by atoms with Gasteiger partial charge in [0, 0.05) is 37.4 Å². The van der Waals surface area contributed by atoms with Crippen LogP contribution in [0.15, 0.2) is 34.9 Å². The molecule has 1 aliphatic heterocycles. The molecule has 11 heteroatoms. The number of alkyl halides is 3. The van der Waals surface area contributed by atoms with Crippen LogP contribution in [0.1, 0.15) is 35.8 Å². The van der Waals surface area contributed by atoms with E-state index in [-0.39, 0.29) is 29.9 Å². The number of hydrogen-bond donors (Lipinski definition) is 0. The Morgan fingerprint density at radius 2 is 1.88 bits per heavy atom. The third-order valence-electron chi connectivity index (χ3n) is 5.85. The zero-order chi connectivity index (χ0) is 23.8. The molecule has 1 aromatic carbocycles. The minimum absolute atomic E-state index is 0.0122. The Hall–Kier alpha value is -3.21. The zero-order valence-corrected chi connectivity index (χ0v) is 18.6. The number of carbonyl (C=O) groups is 1. The van der Waals surface area contributed by atoms with Crippen molar-refractivity contribution in [3.8, 4) is 11.4 Å². The second-order valence-electron chi connectivity index (χ2n) is 8.21. The van der Waals surface area contributed by atoms with Crippen LogP contribution in [-0.2, 0) is 17.5 Å². The number of piperazine rings is 1. The SMILES string of the molecule is Cc1cc(C)n(CC(=O)N2CCN(C(C)c3nc(-c4cccc(C(F)(F)F)c4)no3)CC2)n1. The molecule has 0 radical (unpaired) electrons. The third-order valence-corrected chi connectivity index (χ3v) is 5.85. The van der Waals surface area contributed by atoms with Crippen LogP contribution < -0.4 is 0 Å². The second-order valence-corrected chi connectivity index (χ2v) is 8.21. The van der Waals surface area contributed by atoms with E-state index in [2.05, 4.69) is 20.1 Å². The maximum Gasteiger partial charge on any atom is 0.416 e. The van der Waals surface area contributed by atoms with Crippen LogP contribution in [0, 0.1) is 13.8 Å². The van der Waals surface area contributed by atoms with Crippen LogP contribution >= 0.6 is 0 Å². The van der Waals surface area contributed by atoms with Crippen LogP contribution in [0.5, 0.6) is 0 Å². The van der Waals surface area contributed by atoms with E-state index in [1.54, 1.807) is 4.68 Å². The number of rotatable bonds is 5. The van der Waals surface area contributed by atoms with Crippen molar-refractivity contribution >= 4 is 5.91 Å². The molecule has 8 nitrogen and oxygen atoms in total. The predicted molar refractivity (Wildman–Crippen MR) is 113 cm³/mol. The monoisotopic (exact) mass is 462 g/mol. The van der Waals surface area contributed by atoms with Gasteiger partial charge in [-0.1, -0.05) is 17.3 Å². The fourth-order valence-electron chi connectivity index (χ4n) is 3.93. The molecule has 176 valence electrons. The summed E-state index contributed by atoms with van der Waals surface area (Å²) in [5.74, 6) is 0.449. The van der Waals surface area contributed by atoms with Gasteiger partial charge in [-0.3, -0.25) is 14.4 Å². The molecule has 33 heavy (non-hydrogen) atoms. The number of nitrogens with zero attached hydrogens (tertiary/aromatic N) is 6. The number of aryl methyl sites for hydroxylation is 2. The molecule has 1 unspecified atom stereocenters. The summed E-state index contributed by atoms with van der Waals surface area (Å²) < 4.78 is 46.0. The van der Waals surface area contributed by atoms with Gasteiger partial charge in [-0.25, -0.2) is 0 Å². The fourth-order valence-corrected chi connectivity index (χ4v) is 3.93. The normalized spacial score (nSPS) is 16.2. The summed E-state index contributed by atoms with van der Waals surface area (Å²) in [6.07, 6.45) is -4.44. The summed E-state index contributed by atoms with van der Waals surface area (Å²) in [6, 6.07) is 6.55. The van der Waals surface area contributed by atoms with Crippen LogP contribution in [0.4, 0.5) is 13.2 Å². The zero-order valence-electron chi connectivity index (χ0n) is 18.6. The molecule has 1 aliphatic rings. The van der Waals surface area contributed by atoms with Crippen molar-refractivity contribution in [3.63, 3.8) is 0 Å². The summed E-state index contributed by atoms with van der Waals surface area (Å²) in [5.41, 5.74) is 1.30. The molecule has 0 N–H and O–H groups in total. The van der Waals surface area contributed by atoms with Gasteiger partial charge >= 0.3 is 6.18 Å². The van der Waals surface area contributed by atoms with Crippen LogP contribution in [0.3, 0.4) is 0 Å². The first-order valence-corrected chi connectivity index (χ1v) is 10.7. The Kier molecular flexibility index (Phi) is 6.24. The van der Waals surface area contributed by atoms with Gasteiger partial charge in [0.1, 0.15) is 6.54 Å². The summed E-state index contributed by atoms with van der Waals surface area (Å²) in [4.78, 5) is 20.9. The van der Waals surface area contributed by atoms with Crippen LogP contribution in [0.2, 0.25) is 0 Å². The molecule has 3 heterocycles. The summed E-state index contributed by atoms with van der Waals surface area (Å²) in [7, 11) is 0. The van der Waals surface area contributed by atoms with Gasteiger partial charge in [0.2, 0.25) is 17.6 Å². The van der Waals surface area contributed by atoms with Crippen LogP contribution in [0.25, 0.3) is 11.4 Å². The molecule has 2 aromatic heterocycles. The summed E-state index contributed by atoms with van der Waals surface area (Å²) in [5, 5.41) is 8.21. The van der Waals surface area contributed by atoms with Crippen molar-refractivity contribution in [2.24, 2.45) is 0 Å². The van der Waals surface area contributed by atoms with Gasteiger partial charge in [-0.05, 0) is 39.0 Å². The number of benzene rings is 1. The summed E-state index contributed by atoms with van der Waals surface area (Å²) >= 11 is 0. The Bertz CT molecular complexity index is 1130. The Morgan fingerprint density at radius 3 is 2.52 bits per heavy atom. The molecule has 1 atom stereocenters. The van der Waals surface area contributed by atoms with Gasteiger partial charge < -0.3 is 9.42 Å². The van der Waals surface area contributed by atoms with E-state index >= 15 is 0 Å². The molecular formula is C22H25F3N6O2. The van der Waals surface area contributed by atoms with Gasteiger partial charge in [0.15, 0.2) is 0 Å². The van der Waals surface area contributed by atoms with E-state index in [1.165, 1.54) is 12.1 Å². The highest BCUT2D eigenvalue weighted by atomic mass is 19.4. The highest BCUT2D eigenvalue weighted by Gasteiger charge is 2.31. The minimum atomic E-state index is -4.44. The molecule has 3 aromatic rings. The van der Waals surface area contributed by atoms with Crippen molar-refractivity contribution in [2.45, 2.75) is 39.5 Å². The highest BCUT2D eigenvalue weighted by Crippen LogP contribution is 2.32. The average molecular weight is 462 g/mol. The molecule has 0 spiro atoms. The minimum Gasteiger partial charge on any atom is -0.339 e. The topological polar surface area (TPSA) is 80.3 Å². The fraction of sp³-hybridized carbons (Fsp3) is 0.455. The van der Waals surface area contributed by atoms with Gasteiger partial charge in [-0.15, -0.1) is 0 Å². The van der Waals surface area contributed by atoms with E-state index in [0.29, 0.717) is 32.1 Å². The van der Waals surface area contributed by atoms with Crippen molar-refractivity contribution in [1.82, 2.24) is 29.7 Å². The lowest BCUT2D eigenvalue weighted by atomic mass is 10.1. The first kappa shape index (κ1) is 23.0. The van der Waals surface area contributed by atoms with E-state index < -0.39 is 11.7 Å². The Balaban J connectivity index is 1.37. The van der Waals surface area contributed by atoms with E-state index in [4.69, 9.17) is 4.52 Å². The predicted octanol–water partition coefficient (Wildman–Crippen LogP) is 3.47. The maximum atomic E-state index is 13.0. The van der Waals surface area contributed by atoms with Gasteiger partial charge in [0.25, 0.3) is 0 Å². The van der Waals surface area contributed by atoms with E-state index in [1.807, 2.05) is 31.7 Å². The van der Waals surface area contributed by atoms with Crippen molar-refractivity contribution in [2.75, 3.05) is 26.2 Å². The van der Waals surface area contributed by atoms with Crippen molar-refractivity contribution in [3.05, 3.63) is 53.2 Å². The molecule has 0 bridgehead atoms. The third kappa shape index (κ3) is 5.08. The van der Waals surface area contributed by atoms with Crippen molar-refractivity contribution in [1.29, 1.82) is 0 Å². The largest absolute Gasteiger partial charge is 0.416 e. The molecule has 1 amide bonds. The average Bonchev–Trinajstić information content (AvgIpc) is 3.39. The number of hydrogen-bond acceptors (Lipinski definition) is 6. The molecular weight excluding hydrogens is 437 g/mol. The van der Waals surface area contributed by atoms with Crippen LogP contribution in [-0.4, -0.2) is 61.8 Å². The Labute approximate surface area is 189 Å². The Morgan fingerprint density at radius 1 is 1.15 bits per heavy atom. The van der Waals surface area contributed by atoms with E-state index in [0.717, 1.165) is 23.5 Å². The lowest BCUT2D eigenvalue weighted by Gasteiger charge is -2.36. The van der Waals surface area contributed by atoms with Gasteiger partial charge in [-0.2, -0.15) is 23.3 Å². The molecule has 0 saturated carbocycles. The maximum absolute atomic E-state index is 13.0. The smallest absolute Gasteiger partial charge is 0.339 e. The first-order chi connectivity index (χ1) is 15.6. The van der Waals surface area contributed by atoms with E-state index in [9.17, 15) is 18.0 Å². The molecule has 1 fully saturated rings. The lowest BCUT2D eigenvalue weighted by Crippen LogP contribution is -2.50. The molecule has 0 aliphatic carbocycles. The first-order valence-electron chi connectivity index (χ1n) is 10.7. The highest BCUT2D eigenvalue weighted by molar-refractivity contribution is 5.76. The summed E-state index contributed by atoms with van der Waals surface area (Å²) in [6.45, 7) is 8.26. The molecule has 4 rings (SSSR count). The van der Waals surface area contributed by atoms with Gasteiger partial charge in [0.05, 0.1) is 17.3 Å². The number of carbonyl (C=O) groups excluding carboxylic acids is 1. The number of amides is 1.